The lowest BCUT2D eigenvalue weighted by atomic mass is 10.1. The van der Waals surface area contributed by atoms with Crippen LogP contribution in [0.4, 0.5) is 21.2 Å². The first-order chi connectivity index (χ1) is 13.3. The Hall–Kier alpha value is -2.01. The predicted octanol–water partition coefficient (Wildman–Crippen LogP) is -3.74. The Morgan fingerprint density at radius 3 is 2.00 bits per heavy atom. The third kappa shape index (κ3) is 7.05. The molecule has 1 rings (SSSR count). The Bertz CT molecular complexity index is 789. The molecule has 13 nitrogen and oxygen atoms in total. The van der Waals surface area contributed by atoms with Crippen molar-refractivity contribution in [1.29, 1.82) is 0 Å². The molecule has 0 saturated heterocycles. The Kier molecular flexibility index (Phi) is 10.6. The maximum Gasteiger partial charge on any atom is 0.335 e. The topological polar surface area (TPSA) is 200 Å². The molecule has 170 valence electrons. The summed E-state index contributed by atoms with van der Waals surface area (Å²) in [4.78, 5) is 43.3. The molecule has 1 atom stereocenters. The number of urea groups is 2. The number of rotatable bonds is 8. The van der Waals surface area contributed by atoms with Gasteiger partial charge in [0.2, 0.25) is 0 Å². The number of amides is 5. The number of primary amides is 2. The molecule has 0 aromatic carbocycles. The maximum absolute atomic E-state index is 12.7. The summed E-state index contributed by atoms with van der Waals surface area (Å²) in [6, 6.07) is -2.11. The summed E-state index contributed by atoms with van der Waals surface area (Å²) in [6.45, 7) is 2.37. The van der Waals surface area contributed by atoms with E-state index in [1.165, 1.54) is 0 Å². The summed E-state index contributed by atoms with van der Waals surface area (Å²) in [5.41, 5.74) is 9.89. The maximum atomic E-state index is 12.7. The number of hydrogen-bond acceptors (Lipinski definition) is 7. The van der Waals surface area contributed by atoms with Crippen molar-refractivity contribution < 1.29 is 42.8 Å². The van der Waals surface area contributed by atoms with Crippen molar-refractivity contribution >= 4 is 41.2 Å². The standard InChI is InChI=1S/C15H27ClN10O3.HI/c1-5-6-8(26(2,3)4)7-21-13(27)9-11(24(19)14(17)28)23-12(10(16)22-9)25(20)15(18)29;/h8H,5-7,19-20H2,1-4H3,(H4-,17,18,21,27,28,29);1H/t8-;/m1./s1. The van der Waals surface area contributed by atoms with E-state index in [9.17, 15) is 14.4 Å². The SMILES string of the molecule is CCC[C@H](CNC(=O)c1nc(Cl)c(N(N)C(N)=O)nc1N(N)C(N)=O)[N+](C)(C)C.[I-]. The molecule has 9 N–H and O–H groups in total. The largest absolute Gasteiger partial charge is 1.00 e. The molecule has 0 fully saturated rings. The minimum absolute atomic E-state index is 0. The van der Waals surface area contributed by atoms with Gasteiger partial charge < -0.3 is 45.2 Å². The van der Waals surface area contributed by atoms with Crippen LogP contribution in [0.5, 0.6) is 0 Å². The van der Waals surface area contributed by atoms with Gasteiger partial charge in [0, 0.05) is 6.42 Å². The first kappa shape index (κ1) is 28.0. The highest BCUT2D eigenvalue weighted by Gasteiger charge is 2.29. The van der Waals surface area contributed by atoms with Gasteiger partial charge in [0.15, 0.2) is 22.5 Å². The van der Waals surface area contributed by atoms with E-state index < -0.39 is 34.8 Å². The monoisotopic (exact) mass is 558 g/mol. The average molecular weight is 559 g/mol. The second-order valence-electron chi connectivity index (χ2n) is 7.20. The van der Waals surface area contributed by atoms with Crippen LogP contribution in [0.15, 0.2) is 0 Å². The number of quaternary nitrogens is 1. The van der Waals surface area contributed by atoms with Gasteiger partial charge in [0.25, 0.3) is 5.91 Å². The zero-order valence-corrected chi connectivity index (χ0v) is 20.1. The minimum Gasteiger partial charge on any atom is -1.00 e. The lowest BCUT2D eigenvalue weighted by Crippen LogP contribution is -3.00. The summed E-state index contributed by atoms with van der Waals surface area (Å²) >= 11 is 5.99. The summed E-state index contributed by atoms with van der Waals surface area (Å²) in [5, 5.41) is 3.12. The molecule has 1 aromatic rings. The molecular formula is C15H28ClIN10O3. The Morgan fingerprint density at radius 1 is 1.07 bits per heavy atom. The van der Waals surface area contributed by atoms with Gasteiger partial charge in [-0.05, 0) is 0 Å². The van der Waals surface area contributed by atoms with Crippen LogP contribution in [0.3, 0.4) is 0 Å². The van der Waals surface area contributed by atoms with Gasteiger partial charge >= 0.3 is 12.1 Å². The molecule has 30 heavy (non-hydrogen) atoms. The van der Waals surface area contributed by atoms with E-state index in [-0.39, 0.29) is 35.7 Å². The Labute approximate surface area is 196 Å². The first-order valence-corrected chi connectivity index (χ1v) is 9.04. The third-order valence-corrected chi connectivity index (χ3v) is 4.43. The van der Waals surface area contributed by atoms with Crippen molar-refractivity contribution in [2.75, 3.05) is 37.7 Å². The zero-order valence-electron chi connectivity index (χ0n) is 17.2. The number of halogens is 2. The normalized spacial score (nSPS) is 11.8. The Balaban J connectivity index is 0.00000841. The van der Waals surface area contributed by atoms with Crippen LogP contribution in [-0.2, 0) is 0 Å². The van der Waals surface area contributed by atoms with Gasteiger partial charge in [-0.1, -0.05) is 24.9 Å². The molecule has 0 unspecified atom stereocenters. The molecule has 0 saturated carbocycles. The van der Waals surface area contributed by atoms with Gasteiger partial charge in [-0.15, -0.1) is 0 Å². The number of carbonyl (C=O) groups is 3. The van der Waals surface area contributed by atoms with E-state index in [1.807, 2.05) is 28.1 Å². The summed E-state index contributed by atoms with van der Waals surface area (Å²) in [5.74, 6) is 9.55. The zero-order chi connectivity index (χ0) is 22.5. The quantitative estimate of drug-likeness (QED) is 0.0709. The first-order valence-electron chi connectivity index (χ1n) is 8.66. The van der Waals surface area contributed by atoms with E-state index in [1.54, 1.807) is 0 Å². The number of anilines is 2. The number of nitrogens with two attached hydrogens (primary N) is 4. The van der Waals surface area contributed by atoms with Crippen LogP contribution in [0, 0.1) is 0 Å². The second-order valence-corrected chi connectivity index (χ2v) is 7.55. The molecule has 1 aromatic heterocycles. The third-order valence-electron chi connectivity index (χ3n) is 4.18. The fourth-order valence-corrected chi connectivity index (χ4v) is 2.69. The molecular weight excluding hydrogens is 531 g/mol. The molecule has 0 bridgehead atoms. The predicted molar refractivity (Wildman–Crippen MR) is 109 cm³/mol. The van der Waals surface area contributed by atoms with Gasteiger partial charge in [-0.2, -0.15) is 0 Å². The molecule has 0 spiro atoms. The smallest absolute Gasteiger partial charge is 0.335 e. The van der Waals surface area contributed by atoms with Gasteiger partial charge in [-0.25, -0.2) is 41.3 Å². The van der Waals surface area contributed by atoms with E-state index in [0.29, 0.717) is 21.0 Å². The summed E-state index contributed by atoms with van der Waals surface area (Å²) in [7, 11) is 6.03. The molecule has 1 heterocycles. The molecule has 0 aliphatic carbocycles. The highest BCUT2D eigenvalue weighted by Crippen LogP contribution is 2.25. The number of hydrogen-bond donors (Lipinski definition) is 5. The lowest BCUT2D eigenvalue weighted by molar-refractivity contribution is -0.895. The number of nitrogens with zero attached hydrogens (tertiary/aromatic N) is 5. The van der Waals surface area contributed by atoms with E-state index >= 15 is 0 Å². The number of hydrazine groups is 2. The molecule has 0 aliphatic rings. The fraction of sp³-hybridized carbons (Fsp3) is 0.533. The van der Waals surface area contributed by atoms with Crippen LogP contribution in [0.25, 0.3) is 0 Å². The Morgan fingerprint density at radius 2 is 1.57 bits per heavy atom. The van der Waals surface area contributed by atoms with Gasteiger partial charge in [0.05, 0.1) is 27.7 Å². The minimum atomic E-state index is -1.13. The van der Waals surface area contributed by atoms with Crippen molar-refractivity contribution in [3.8, 4) is 0 Å². The molecule has 0 aliphatic heterocycles. The average Bonchev–Trinajstić information content (AvgIpc) is 2.62. The van der Waals surface area contributed by atoms with Gasteiger partial charge in [0.1, 0.15) is 6.04 Å². The van der Waals surface area contributed by atoms with Crippen molar-refractivity contribution in [3.05, 3.63) is 10.8 Å². The number of carbonyl (C=O) groups excluding carboxylic acids is 3. The van der Waals surface area contributed by atoms with Crippen LogP contribution in [-0.4, -0.2) is 66.2 Å². The molecule has 15 heteroatoms. The second kappa shape index (κ2) is 11.4. The van der Waals surface area contributed by atoms with Crippen molar-refractivity contribution in [2.45, 2.75) is 25.8 Å². The number of aromatic nitrogens is 2. The summed E-state index contributed by atoms with van der Waals surface area (Å²) < 4.78 is 0.622. The highest BCUT2D eigenvalue weighted by atomic mass is 127. The van der Waals surface area contributed by atoms with Crippen LogP contribution in [0.2, 0.25) is 5.15 Å². The van der Waals surface area contributed by atoms with Crippen molar-refractivity contribution in [2.24, 2.45) is 23.2 Å². The van der Waals surface area contributed by atoms with E-state index in [0.717, 1.165) is 12.8 Å². The van der Waals surface area contributed by atoms with Crippen LogP contribution < -0.4 is 62.5 Å². The van der Waals surface area contributed by atoms with Crippen molar-refractivity contribution in [3.63, 3.8) is 0 Å². The van der Waals surface area contributed by atoms with Gasteiger partial charge in [-0.3, -0.25) is 4.79 Å². The van der Waals surface area contributed by atoms with Crippen LogP contribution in [0.1, 0.15) is 30.3 Å². The van der Waals surface area contributed by atoms with E-state index in [2.05, 4.69) is 15.3 Å². The van der Waals surface area contributed by atoms with Crippen molar-refractivity contribution in [1.82, 2.24) is 15.3 Å². The van der Waals surface area contributed by atoms with Crippen LogP contribution >= 0.6 is 11.6 Å². The highest BCUT2D eigenvalue weighted by molar-refractivity contribution is 6.32. The number of nitrogens with one attached hydrogen (secondary N) is 1. The lowest BCUT2D eigenvalue weighted by Gasteiger charge is -2.34. The number of likely N-dealkylation sites (N-methyl/N-ethyl adjacent to an activating group) is 1. The molecule has 5 amide bonds. The summed E-state index contributed by atoms with van der Waals surface area (Å²) in [6.07, 6.45) is 1.80. The fourth-order valence-electron chi connectivity index (χ4n) is 2.47. The molecule has 0 radical (unpaired) electrons. The van der Waals surface area contributed by atoms with E-state index in [4.69, 9.17) is 34.8 Å².